The zero-order valence-corrected chi connectivity index (χ0v) is 9.00. The van der Waals surface area contributed by atoms with Crippen molar-refractivity contribution in [1.29, 1.82) is 0 Å². The van der Waals surface area contributed by atoms with Crippen molar-refractivity contribution >= 4 is 6.16 Å². The molecule has 3 heteroatoms. The van der Waals surface area contributed by atoms with Crippen LogP contribution in [0, 0.1) is 5.92 Å². The maximum Gasteiger partial charge on any atom is 0.508 e. The number of hydrogen-bond donors (Lipinski definition) is 0. The van der Waals surface area contributed by atoms with E-state index in [0.717, 1.165) is 12.8 Å². The summed E-state index contributed by atoms with van der Waals surface area (Å²) in [6.45, 7) is 8.37. The normalized spacial score (nSPS) is 14.8. The van der Waals surface area contributed by atoms with Gasteiger partial charge in [0.25, 0.3) is 0 Å². The summed E-state index contributed by atoms with van der Waals surface area (Å²) in [4.78, 5) is 11.0. The highest BCUT2D eigenvalue weighted by molar-refractivity contribution is 5.60. The van der Waals surface area contributed by atoms with Gasteiger partial charge in [-0.1, -0.05) is 27.2 Å². The Hall–Kier alpha value is -0.730. The molecule has 0 spiro atoms. The van der Waals surface area contributed by atoms with Gasteiger partial charge in [0.1, 0.15) is 6.10 Å². The van der Waals surface area contributed by atoms with Crippen LogP contribution in [-0.2, 0) is 9.47 Å². The average molecular weight is 188 g/mol. The summed E-state index contributed by atoms with van der Waals surface area (Å²) < 4.78 is 9.84. The third-order valence-electron chi connectivity index (χ3n) is 2.05. The quantitative estimate of drug-likeness (QED) is 0.622. The predicted molar refractivity (Wildman–Crippen MR) is 51.6 cm³/mol. The van der Waals surface area contributed by atoms with Crippen LogP contribution in [0.3, 0.4) is 0 Å². The van der Waals surface area contributed by atoms with Crippen LogP contribution in [0.2, 0.25) is 0 Å². The zero-order valence-electron chi connectivity index (χ0n) is 9.00. The lowest BCUT2D eigenvalue weighted by atomic mass is 10.1. The minimum atomic E-state index is -0.547. The van der Waals surface area contributed by atoms with Gasteiger partial charge in [-0.05, 0) is 19.3 Å². The minimum Gasteiger partial charge on any atom is -0.434 e. The first kappa shape index (κ1) is 12.3. The van der Waals surface area contributed by atoms with E-state index in [2.05, 4.69) is 6.92 Å². The minimum absolute atomic E-state index is 0.0515. The van der Waals surface area contributed by atoms with Crippen molar-refractivity contribution in [2.24, 2.45) is 5.92 Å². The van der Waals surface area contributed by atoms with Gasteiger partial charge in [0, 0.05) is 0 Å². The van der Waals surface area contributed by atoms with Gasteiger partial charge < -0.3 is 9.47 Å². The van der Waals surface area contributed by atoms with E-state index in [1.807, 2.05) is 20.8 Å². The Kier molecular flexibility index (Phi) is 6.37. The molecule has 78 valence electrons. The molecule has 0 aliphatic rings. The van der Waals surface area contributed by atoms with Gasteiger partial charge in [0.05, 0.1) is 6.61 Å². The summed E-state index contributed by atoms with van der Waals surface area (Å²) in [6.07, 6.45) is 1.23. The molecule has 2 atom stereocenters. The lowest BCUT2D eigenvalue weighted by molar-refractivity contribution is 0.0206. The molecule has 0 aromatic rings. The van der Waals surface area contributed by atoms with Crippen LogP contribution in [0.15, 0.2) is 0 Å². The van der Waals surface area contributed by atoms with Gasteiger partial charge >= 0.3 is 6.16 Å². The van der Waals surface area contributed by atoms with Gasteiger partial charge in [-0.2, -0.15) is 0 Å². The molecular weight excluding hydrogens is 168 g/mol. The molecule has 0 aromatic heterocycles. The molecule has 0 radical (unpaired) electrons. The molecule has 1 unspecified atom stereocenters. The topological polar surface area (TPSA) is 35.5 Å². The van der Waals surface area contributed by atoms with Crippen molar-refractivity contribution in [3.8, 4) is 0 Å². The fourth-order valence-electron chi connectivity index (χ4n) is 0.610. The first-order chi connectivity index (χ1) is 6.10. The fraction of sp³-hybridized carbons (Fsp3) is 0.900. The van der Waals surface area contributed by atoms with Crippen molar-refractivity contribution in [2.75, 3.05) is 6.61 Å². The molecule has 0 amide bonds. The molecule has 0 bridgehead atoms. The SMILES string of the molecule is CCC(C)COC(=O)O[C@H](C)CC. The van der Waals surface area contributed by atoms with Gasteiger partial charge in [0.2, 0.25) is 0 Å². The van der Waals surface area contributed by atoms with Gasteiger partial charge in [0.15, 0.2) is 0 Å². The molecule has 0 aliphatic carbocycles. The molecule has 13 heavy (non-hydrogen) atoms. The third-order valence-corrected chi connectivity index (χ3v) is 2.05. The summed E-state index contributed by atoms with van der Waals surface area (Å²) >= 11 is 0. The smallest absolute Gasteiger partial charge is 0.434 e. The second-order valence-electron chi connectivity index (χ2n) is 3.41. The lowest BCUT2D eigenvalue weighted by Gasteiger charge is -2.12. The Morgan fingerprint density at radius 3 is 2.31 bits per heavy atom. The number of hydrogen-bond acceptors (Lipinski definition) is 3. The van der Waals surface area contributed by atoms with Gasteiger partial charge in [-0.25, -0.2) is 4.79 Å². The Morgan fingerprint density at radius 2 is 1.85 bits per heavy atom. The number of rotatable bonds is 5. The second kappa shape index (κ2) is 6.75. The van der Waals surface area contributed by atoms with E-state index in [0.29, 0.717) is 12.5 Å². The molecule has 0 rings (SSSR count). The van der Waals surface area contributed by atoms with E-state index in [9.17, 15) is 4.79 Å². The van der Waals surface area contributed by atoms with Crippen LogP contribution in [0.1, 0.15) is 40.5 Å². The van der Waals surface area contributed by atoms with Crippen LogP contribution >= 0.6 is 0 Å². The molecule has 0 fully saturated rings. The van der Waals surface area contributed by atoms with Gasteiger partial charge in [-0.3, -0.25) is 0 Å². The number of carbonyl (C=O) groups excluding carboxylic acids is 1. The maximum atomic E-state index is 11.0. The Labute approximate surface area is 80.4 Å². The van der Waals surface area contributed by atoms with Crippen molar-refractivity contribution < 1.29 is 14.3 Å². The molecule has 0 aromatic carbocycles. The van der Waals surface area contributed by atoms with Crippen LogP contribution in [0.5, 0.6) is 0 Å². The molecule has 0 heterocycles. The third kappa shape index (κ3) is 6.43. The number of ether oxygens (including phenoxy) is 2. The van der Waals surface area contributed by atoms with Crippen LogP contribution in [0.25, 0.3) is 0 Å². The molecular formula is C10H20O3. The van der Waals surface area contributed by atoms with Crippen LogP contribution in [-0.4, -0.2) is 18.9 Å². The van der Waals surface area contributed by atoms with Crippen molar-refractivity contribution in [3.63, 3.8) is 0 Å². The standard InChI is InChI=1S/C10H20O3/c1-5-8(3)7-12-10(11)13-9(4)6-2/h8-9H,5-7H2,1-4H3/t8?,9-/m1/s1. The van der Waals surface area contributed by atoms with E-state index >= 15 is 0 Å². The first-order valence-electron chi connectivity index (χ1n) is 4.93. The first-order valence-corrected chi connectivity index (χ1v) is 4.93. The monoisotopic (exact) mass is 188 g/mol. The Balaban J connectivity index is 3.51. The summed E-state index contributed by atoms with van der Waals surface area (Å²) in [5, 5.41) is 0. The summed E-state index contributed by atoms with van der Waals surface area (Å²) in [7, 11) is 0. The summed E-state index contributed by atoms with van der Waals surface area (Å²) in [6, 6.07) is 0. The molecule has 0 saturated carbocycles. The Morgan fingerprint density at radius 1 is 1.23 bits per heavy atom. The van der Waals surface area contributed by atoms with Gasteiger partial charge in [-0.15, -0.1) is 0 Å². The fourth-order valence-corrected chi connectivity index (χ4v) is 0.610. The van der Waals surface area contributed by atoms with Crippen molar-refractivity contribution in [1.82, 2.24) is 0 Å². The van der Waals surface area contributed by atoms with Crippen molar-refractivity contribution in [3.05, 3.63) is 0 Å². The highest BCUT2D eigenvalue weighted by Crippen LogP contribution is 2.03. The molecule has 0 N–H and O–H groups in total. The summed E-state index contributed by atoms with van der Waals surface area (Å²) in [5.41, 5.74) is 0. The van der Waals surface area contributed by atoms with E-state index in [1.165, 1.54) is 0 Å². The number of carbonyl (C=O) groups is 1. The zero-order chi connectivity index (χ0) is 10.3. The molecule has 0 aliphatic heterocycles. The average Bonchev–Trinajstić information content (AvgIpc) is 2.13. The predicted octanol–water partition coefficient (Wildman–Crippen LogP) is 2.98. The van der Waals surface area contributed by atoms with E-state index in [1.54, 1.807) is 0 Å². The highest BCUT2D eigenvalue weighted by Gasteiger charge is 2.09. The Bertz CT molecular complexity index is 145. The van der Waals surface area contributed by atoms with E-state index < -0.39 is 6.16 Å². The lowest BCUT2D eigenvalue weighted by Crippen LogP contribution is -2.17. The summed E-state index contributed by atoms with van der Waals surface area (Å²) in [5.74, 6) is 0.407. The van der Waals surface area contributed by atoms with E-state index in [-0.39, 0.29) is 6.10 Å². The molecule has 3 nitrogen and oxygen atoms in total. The maximum absolute atomic E-state index is 11.0. The molecule has 0 saturated heterocycles. The van der Waals surface area contributed by atoms with Crippen molar-refractivity contribution in [2.45, 2.75) is 46.6 Å². The van der Waals surface area contributed by atoms with E-state index in [4.69, 9.17) is 9.47 Å². The van der Waals surface area contributed by atoms with Crippen LogP contribution < -0.4 is 0 Å². The second-order valence-corrected chi connectivity index (χ2v) is 3.41. The van der Waals surface area contributed by atoms with Crippen LogP contribution in [0.4, 0.5) is 4.79 Å². The highest BCUT2D eigenvalue weighted by atomic mass is 16.7. The largest absolute Gasteiger partial charge is 0.508 e.